The van der Waals surface area contributed by atoms with Crippen molar-refractivity contribution in [1.29, 1.82) is 0 Å². The van der Waals surface area contributed by atoms with E-state index in [4.69, 9.17) is 33.1 Å². The maximum atomic E-state index is 8.51. The first-order valence-electron chi connectivity index (χ1n) is 3.58. The number of methoxy groups -OCH3 is 1. The van der Waals surface area contributed by atoms with Crippen LogP contribution >= 0.6 is 23.2 Å². The van der Waals surface area contributed by atoms with Crippen LogP contribution < -0.4 is 10.2 Å². The molecular formula is C8H9Cl2NO2. The van der Waals surface area contributed by atoms with Gasteiger partial charge in [0, 0.05) is 17.6 Å². The van der Waals surface area contributed by atoms with Crippen molar-refractivity contribution >= 4 is 23.2 Å². The molecule has 0 aromatic heterocycles. The molecule has 0 aliphatic rings. The molecule has 1 aromatic rings. The van der Waals surface area contributed by atoms with Gasteiger partial charge in [-0.15, -0.1) is 0 Å². The molecule has 0 bridgehead atoms. The molecule has 0 heterocycles. The lowest BCUT2D eigenvalue weighted by atomic mass is 10.2. The molecule has 1 rings (SSSR count). The number of ether oxygens (including phenoxy) is 1. The van der Waals surface area contributed by atoms with Gasteiger partial charge >= 0.3 is 0 Å². The van der Waals surface area contributed by atoms with Crippen molar-refractivity contribution < 1.29 is 9.94 Å². The van der Waals surface area contributed by atoms with Crippen LogP contribution in [0.3, 0.4) is 0 Å². The molecule has 0 atom stereocenters. The Morgan fingerprint density at radius 3 is 2.69 bits per heavy atom. The molecule has 0 aliphatic carbocycles. The van der Waals surface area contributed by atoms with Crippen molar-refractivity contribution in [3.8, 4) is 5.75 Å². The van der Waals surface area contributed by atoms with E-state index in [1.807, 2.05) is 5.48 Å². The van der Waals surface area contributed by atoms with Crippen LogP contribution in [0.2, 0.25) is 10.0 Å². The molecular weight excluding hydrogens is 213 g/mol. The monoisotopic (exact) mass is 221 g/mol. The van der Waals surface area contributed by atoms with E-state index in [2.05, 4.69) is 0 Å². The van der Waals surface area contributed by atoms with Gasteiger partial charge in [0.2, 0.25) is 0 Å². The van der Waals surface area contributed by atoms with Crippen molar-refractivity contribution in [3.63, 3.8) is 0 Å². The fourth-order valence-electron chi connectivity index (χ4n) is 0.981. The highest BCUT2D eigenvalue weighted by molar-refractivity contribution is 6.34. The predicted octanol–water partition coefficient (Wildman–Crippen LogP) is 2.48. The third-order valence-corrected chi connectivity index (χ3v) is 2.22. The van der Waals surface area contributed by atoms with Gasteiger partial charge in [-0.2, -0.15) is 0 Å². The Hall–Kier alpha value is -0.480. The topological polar surface area (TPSA) is 41.5 Å². The fraction of sp³-hybridized carbons (Fsp3) is 0.250. The van der Waals surface area contributed by atoms with E-state index in [-0.39, 0.29) is 6.54 Å². The Bertz CT molecular complexity index is 304. The minimum absolute atomic E-state index is 0.232. The Morgan fingerprint density at radius 1 is 1.46 bits per heavy atom. The third kappa shape index (κ3) is 2.48. The quantitative estimate of drug-likeness (QED) is 0.772. The van der Waals surface area contributed by atoms with Crippen LogP contribution in [0.25, 0.3) is 0 Å². The number of halogens is 2. The maximum Gasteiger partial charge on any atom is 0.139 e. The SMILES string of the molecule is COc1cc(Cl)cc(CNO)c1Cl. The van der Waals surface area contributed by atoms with Gasteiger partial charge in [0.1, 0.15) is 5.75 Å². The van der Waals surface area contributed by atoms with Crippen LogP contribution in [-0.2, 0) is 6.54 Å². The average molecular weight is 222 g/mol. The molecule has 0 unspecified atom stereocenters. The van der Waals surface area contributed by atoms with Crippen LogP contribution in [-0.4, -0.2) is 12.3 Å². The van der Waals surface area contributed by atoms with Gasteiger partial charge in [0.05, 0.1) is 12.1 Å². The van der Waals surface area contributed by atoms with Crippen LogP contribution in [0.5, 0.6) is 5.75 Å². The largest absolute Gasteiger partial charge is 0.495 e. The van der Waals surface area contributed by atoms with Gasteiger partial charge in [0.15, 0.2) is 0 Å². The lowest BCUT2D eigenvalue weighted by Gasteiger charge is -2.08. The number of hydrogen-bond acceptors (Lipinski definition) is 3. The summed E-state index contributed by atoms with van der Waals surface area (Å²) in [5.41, 5.74) is 2.69. The molecule has 5 heteroatoms. The zero-order valence-electron chi connectivity index (χ0n) is 6.97. The van der Waals surface area contributed by atoms with Crippen molar-refractivity contribution in [2.75, 3.05) is 7.11 Å². The average Bonchev–Trinajstić information content (AvgIpc) is 2.11. The minimum atomic E-state index is 0.232. The summed E-state index contributed by atoms with van der Waals surface area (Å²) >= 11 is 11.7. The predicted molar refractivity (Wildman–Crippen MR) is 51.6 cm³/mol. The first-order chi connectivity index (χ1) is 6.19. The van der Waals surface area contributed by atoms with Gasteiger partial charge in [0.25, 0.3) is 0 Å². The van der Waals surface area contributed by atoms with Crippen molar-refractivity contribution in [2.45, 2.75) is 6.54 Å². The molecule has 13 heavy (non-hydrogen) atoms. The summed E-state index contributed by atoms with van der Waals surface area (Å²) in [5, 5.41) is 9.48. The number of nitrogens with one attached hydrogen (secondary N) is 1. The lowest BCUT2D eigenvalue weighted by molar-refractivity contribution is 0.161. The summed E-state index contributed by atoms with van der Waals surface area (Å²) in [6.45, 7) is 0.232. The zero-order valence-corrected chi connectivity index (χ0v) is 8.49. The van der Waals surface area contributed by atoms with Crippen LogP contribution in [0.4, 0.5) is 0 Å². The fourth-order valence-corrected chi connectivity index (χ4v) is 1.46. The standard InChI is InChI=1S/C8H9Cl2NO2/c1-13-7-3-6(9)2-5(4-11-12)8(7)10/h2-3,11-12H,4H2,1H3. The molecule has 2 N–H and O–H groups in total. The van der Waals surface area contributed by atoms with Crippen LogP contribution in [0.1, 0.15) is 5.56 Å². The second-order valence-electron chi connectivity index (χ2n) is 2.42. The van der Waals surface area contributed by atoms with Crippen molar-refractivity contribution in [3.05, 3.63) is 27.7 Å². The summed E-state index contributed by atoms with van der Waals surface area (Å²) in [4.78, 5) is 0. The minimum Gasteiger partial charge on any atom is -0.495 e. The highest BCUT2D eigenvalue weighted by Gasteiger charge is 2.08. The zero-order chi connectivity index (χ0) is 9.84. The van der Waals surface area contributed by atoms with E-state index in [1.54, 1.807) is 12.1 Å². The Labute approximate surface area is 86.2 Å². The second kappa shape index (κ2) is 4.67. The van der Waals surface area contributed by atoms with Crippen LogP contribution in [0.15, 0.2) is 12.1 Å². The normalized spacial score (nSPS) is 10.2. The first-order valence-corrected chi connectivity index (χ1v) is 4.33. The Morgan fingerprint density at radius 2 is 2.15 bits per heavy atom. The highest BCUT2D eigenvalue weighted by Crippen LogP contribution is 2.31. The summed E-state index contributed by atoms with van der Waals surface area (Å²) in [7, 11) is 1.51. The van der Waals surface area contributed by atoms with Crippen LogP contribution in [0, 0.1) is 0 Å². The second-order valence-corrected chi connectivity index (χ2v) is 3.23. The van der Waals surface area contributed by atoms with E-state index >= 15 is 0 Å². The first kappa shape index (κ1) is 10.6. The van der Waals surface area contributed by atoms with E-state index in [9.17, 15) is 0 Å². The molecule has 0 saturated carbocycles. The van der Waals surface area contributed by atoms with Gasteiger partial charge in [-0.25, -0.2) is 5.48 Å². The van der Waals surface area contributed by atoms with Gasteiger partial charge in [-0.05, 0) is 11.6 Å². The summed E-state index contributed by atoms with van der Waals surface area (Å²) < 4.78 is 4.99. The van der Waals surface area contributed by atoms with Crippen molar-refractivity contribution in [2.24, 2.45) is 0 Å². The Kier molecular flexibility index (Phi) is 3.81. The highest BCUT2D eigenvalue weighted by atomic mass is 35.5. The summed E-state index contributed by atoms with van der Waals surface area (Å²) in [6.07, 6.45) is 0. The van der Waals surface area contributed by atoms with Gasteiger partial charge in [-0.3, -0.25) is 0 Å². The maximum absolute atomic E-state index is 8.51. The molecule has 0 saturated heterocycles. The van der Waals surface area contributed by atoms with E-state index < -0.39 is 0 Å². The number of benzene rings is 1. The summed E-state index contributed by atoms with van der Waals surface area (Å²) in [6, 6.07) is 3.28. The van der Waals surface area contributed by atoms with Gasteiger partial charge < -0.3 is 9.94 Å². The molecule has 0 spiro atoms. The molecule has 0 aliphatic heterocycles. The summed E-state index contributed by atoms with van der Waals surface area (Å²) in [5.74, 6) is 0.499. The smallest absolute Gasteiger partial charge is 0.139 e. The molecule has 0 radical (unpaired) electrons. The molecule has 72 valence electrons. The molecule has 0 amide bonds. The number of rotatable bonds is 3. The van der Waals surface area contributed by atoms with E-state index in [0.717, 1.165) is 0 Å². The van der Waals surface area contributed by atoms with E-state index in [1.165, 1.54) is 7.11 Å². The Balaban J connectivity index is 3.11. The lowest BCUT2D eigenvalue weighted by Crippen LogP contribution is -2.07. The molecule has 1 aromatic carbocycles. The molecule has 3 nitrogen and oxygen atoms in total. The van der Waals surface area contributed by atoms with Gasteiger partial charge in [-0.1, -0.05) is 23.2 Å². The van der Waals surface area contributed by atoms with Crippen molar-refractivity contribution in [1.82, 2.24) is 5.48 Å². The third-order valence-electron chi connectivity index (χ3n) is 1.57. The molecule has 0 fully saturated rings. The van der Waals surface area contributed by atoms with E-state index in [0.29, 0.717) is 21.4 Å². The number of hydroxylamine groups is 1. The number of hydrogen-bond donors (Lipinski definition) is 2.